The van der Waals surface area contributed by atoms with E-state index in [1.807, 2.05) is 25.1 Å². The summed E-state index contributed by atoms with van der Waals surface area (Å²) in [5, 5.41) is 0.703. The molecule has 3 rings (SSSR count). The van der Waals surface area contributed by atoms with E-state index in [1.165, 1.54) is 12.1 Å². The third kappa shape index (κ3) is 2.39. The van der Waals surface area contributed by atoms with Crippen molar-refractivity contribution in [2.75, 3.05) is 0 Å². The summed E-state index contributed by atoms with van der Waals surface area (Å²) in [6.07, 6.45) is 0.499. The van der Waals surface area contributed by atoms with Crippen LogP contribution in [0.4, 0.5) is 4.39 Å². The molecule has 2 N–H and O–H groups in total. The number of benzene rings is 2. The Kier molecular flexibility index (Phi) is 3.40. The van der Waals surface area contributed by atoms with Crippen molar-refractivity contribution in [3.8, 4) is 5.75 Å². The quantitative estimate of drug-likeness (QED) is 0.849. The molecule has 0 saturated heterocycles. The molecule has 0 amide bonds. The molecule has 20 heavy (non-hydrogen) atoms. The second kappa shape index (κ2) is 5.08. The number of nitrogens with two attached hydrogens (primary N) is 1. The summed E-state index contributed by atoms with van der Waals surface area (Å²) in [5.41, 5.74) is 9.02. The molecule has 1 aliphatic rings. The van der Waals surface area contributed by atoms with Crippen LogP contribution >= 0.6 is 11.6 Å². The fourth-order valence-electron chi connectivity index (χ4n) is 2.67. The molecule has 4 heteroatoms. The zero-order valence-corrected chi connectivity index (χ0v) is 11.8. The lowest BCUT2D eigenvalue weighted by Gasteiger charge is -2.31. The van der Waals surface area contributed by atoms with Crippen LogP contribution in [0.15, 0.2) is 36.4 Å². The first-order valence-corrected chi connectivity index (χ1v) is 6.90. The van der Waals surface area contributed by atoms with Crippen molar-refractivity contribution < 1.29 is 9.13 Å². The van der Waals surface area contributed by atoms with E-state index in [0.29, 0.717) is 17.2 Å². The number of fused-ring (bicyclic) bond motifs is 1. The van der Waals surface area contributed by atoms with Crippen LogP contribution in [0.2, 0.25) is 5.02 Å². The first-order valence-electron chi connectivity index (χ1n) is 6.52. The van der Waals surface area contributed by atoms with Crippen LogP contribution in [-0.4, -0.2) is 0 Å². The van der Waals surface area contributed by atoms with Crippen molar-refractivity contribution in [1.82, 2.24) is 0 Å². The van der Waals surface area contributed by atoms with E-state index in [4.69, 9.17) is 22.1 Å². The van der Waals surface area contributed by atoms with Gasteiger partial charge in [0.05, 0.1) is 0 Å². The Bertz CT molecular complexity index is 659. The van der Waals surface area contributed by atoms with E-state index in [0.717, 1.165) is 16.7 Å². The first kappa shape index (κ1) is 13.4. The minimum absolute atomic E-state index is 0.125. The minimum Gasteiger partial charge on any atom is -0.485 e. The second-order valence-corrected chi connectivity index (χ2v) is 5.57. The van der Waals surface area contributed by atoms with Gasteiger partial charge in [-0.05, 0) is 48.4 Å². The van der Waals surface area contributed by atoms with E-state index in [9.17, 15) is 4.39 Å². The maximum Gasteiger partial charge on any atom is 0.126 e. The van der Waals surface area contributed by atoms with Crippen molar-refractivity contribution in [3.63, 3.8) is 0 Å². The molecular weight excluding hydrogens is 277 g/mol. The fourth-order valence-corrected chi connectivity index (χ4v) is 2.89. The van der Waals surface area contributed by atoms with Gasteiger partial charge < -0.3 is 10.5 Å². The van der Waals surface area contributed by atoms with E-state index >= 15 is 0 Å². The number of hydrogen-bond donors (Lipinski definition) is 1. The largest absolute Gasteiger partial charge is 0.485 e. The normalized spacial score (nSPS) is 21.2. The van der Waals surface area contributed by atoms with Gasteiger partial charge in [-0.15, -0.1) is 0 Å². The standard InChI is InChI=1S/C16H15ClFNO/c1-9-6-10(17)2-4-12(9)16-8-14(19)13-7-11(18)3-5-15(13)20-16/h2-7,14,16H,8,19H2,1H3/t14-,16?/m0/s1. The average Bonchev–Trinajstić information content (AvgIpc) is 2.39. The molecule has 104 valence electrons. The molecule has 0 aromatic heterocycles. The Labute approximate surface area is 122 Å². The van der Waals surface area contributed by atoms with Crippen molar-refractivity contribution in [3.05, 3.63) is 63.9 Å². The summed E-state index contributed by atoms with van der Waals surface area (Å²) in [5.74, 6) is 0.369. The Hall–Kier alpha value is -1.58. The topological polar surface area (TPSA) is 35.2 Å². The van der Waals surface area contributed by atoms with Crippen molar-refractivity contribution in [2.24, 2.45) is 5.73 Å². The van der Waals surface area contributed by atoms with E-state index < -0.39 is 0 Å². The van der Waals surface area contributed by atoms with Crippen LogP contribution in [-0.2, 0) is 0 Å². The number of aryl methyl sites for hydroxylation is 1. The summed E-state index contributed by atoms with van der Waals surface area (Å²) in [4.78, 5) is 0. The predicted octanol–water partition coefficient (Wildman–Crippen LogP) is 4.31. The molecule has 0 fully saturated rings. The van der Waals surface area contributed by atoms with Crippen LogP contribution in [0.3, 0.4) is 0 Å². The molecule has 0 radical (unpaired) electrons. The summed E-state index contributed by atoms with van der Waals surface area (Å²) >= 11 is 5.98. The molecule has 1 aliphatic heterocycles. The summed E-state index contributed by atoms with van der Waals surface area (Å²) in [6.45, 7) is 2.00. The van der Waals surface area contributed by atoms with Crippen molar-refractivity contribution in [1.29, 1.82) is 0 Å². The van der Waals surface area contributed by atoms with Crippen LogP contribution in [0.1, 0.15) is 35.3 Å². The molecule has 0 spiro atoms. The molecule has 2 nitrogen and oxygen atoms in total. The third-order valence-corrected chi connectivity index (χ3v) is 3.92. The van der Waals surface area contributed by atoms with Crippen LogP contribution in [0.5, 0.6) is 5.75 Å². The predicted molar refractivity (Wildman–Crippen MR) is 77.5 cm³/mol. The van der Waals surface area contributed by atoms with Crippen LogP contribution in [0.25, 0.3) is 0 Å². The van der Waals surface area contributed by atoms with E-state index in [1.54, 1.807) is 6.07 Å². The summed E-state index contributed by atoms with van der Waals surface area (Å²) in [6, 6.07) is 9.97. The molecule has 2 atom stereocenters. The Morgan fingerprint density at radius 2 is 2.00 bits per heavy atom. The molecule has 1 unspecified atom stereocenters. The molecule has 0 bridgehead atoms. The van der Waals surface area contributed by atoms with Crippen LogP contribution in [0, 0.1) is 12.7 Å². The van der Waals surface area contributed by atoms with Gasteiger partial charge in [-0.3, -0.25) is 0 Å². The maximum absolute atomic E-state index is 13.3. The van der Waals surface area contributed by atoms with Gasteiger partial charge >= 0.3 is 0 Å². The second-order valence-electron chi connectivity index (χ2n) is 5.13. The zero-order chi connectivity index (χ0) is 14.3. The third-order valence-electron chi connectivity index (χ3n) is 3.69. The van der Waals surface area contributed by atoms with Gasteiger partial charge in [0.1, 0.15) is 17.7 Å². The summed E-state index contributed by atoms with van der Waals surface area (Å²) < 4.78 is 19.2. The number of rotatable bonds is 1. The Morgan fingerprint density at radius 3 is 2.75 bits per heavy atom. The molecular formula is C16H15ClFNO. The lowest BCUT2D eigenvalue weighted by atomic mass is 9.91. The Morgan fingerprint density at radius 1 is 1.20 bits per heavy atom. The number of halogens is 2. The van der Waals surface area contributed by atoms with Gasteiger partial charge in [0, 0.05) is 23.0 Å². The number of ether oxygens (including phenoxy) is 1. The van der Waals surface area contributed by atoms with E-state index in [2.05, 4.69) is 0 Å². The number of hydrogen-bond acceptors (Lipinski definition) is 2. The highest BCUT2D eigenvalue weighted by atomic mass is 35.5. The first-order chi connectivity index (χ1) is 9.54. The molecule has 2 aromatic carbocycles. The van der Waals surface area contributed by atoms with E-state index in [-0.39, 0.29) is 18.0 Å². The lowest BCUT2D eigenvalue weighted by molar-refractivity contribution is 0.160. The van der Waals surface area contributed by atoms with Gasteiger partial charge in [-0.1, -0.05) is 17.7 Å². The minimum atomic E-state index is -0.288. The highest BCUT2D eigenvalue weighted by Gasteiger charge is 2.28. The Balaban J connectivity index is 1.97. The monoisotopic (exact) mass is 291 g/mol. The van der Waals surface area contributed by atoms with Crippen molar-refractivity contribution >= 4 is 11.6 Å². The van der Waals surface area contributed by atoms with Gasteiger partial charge in [0.15, 0.2) is 0 Å². The molecule has 1 heterocycles. The fraction of sp³-hybridized carbons (Fsp3) is 0.250. The molecule has 0 aliphatic carbocycles. The zero-order valence-electron chi connectivity index (χ0n) is 11.1. The highest BCUT2D eigenvalue weighted by Crippen LogP contribution is 2.40. The SMILES string of the molecule is Cc1cc(Cl)ccc1C1C[C@H](N)c2cc(F)ccc2O1. The van der Waals surface area contributed by atoms with Crippen LogP contribution < -0.4 is 10.5 Å². The lowest BCUT2D eigenvalue weighted by Crippen LogP contribution is -2.24. The van der Waals surface area contributed by atoms with Gasteiger partial charge in [-0.25, -0.2) is 4.39 Å². The smallest absolute Gasteiger partial charge is 0.126 e. The molecule has 0 saturated carbocycles. The van der Waals surface area contributed by atoms with Gasteiger partial charge in [0.2, 0.25) is 0 Å². The summed E-state index contributed by atoms with van der Waals surface area (Å²) in [7, 11) is 0. The maximum atomic E-state index is 13.3. The van der Waals surface area contributed by atoms with Gasteiger partial charge in [-0.2, -0.15) is 0 Å². The van der Waals surface area contributed by atoms with Gasteiger partial charge in [0.25, 0.3) is 0 Å². The highest BCUT2D eigenvalue weighted by molar-refractivity contribution is 6.30. The molecule has 2 aromatic rings. The average molecular weight is 292 g/mol. The van der Waals surface area contributed by atoms with Crippen molar-refractivity contribution in [2.45, 2.75) is 25.5 Å².